The zero-order chi connectivity index (χ0) is 14.1. The van der Waals surface area contributed by atoms with E-state index in [1.54, 1.807) is 23.0 Å². The molecule has 4 nitrogen and oxygen atoms in total. The van der Waals surface area contributed by atoms with Crippen LogP contribution in [-0.2, 0) is 0 Å². The Kier molecular flexibility index (Phi) is 2.81. The number of hydrogen-bond acceptors (Lipinski definition) is 3. The largest absolute Gasteiger partial charge is 0.297 e. The van der Waals surface area contributed by atoms with Gasteiger partial charge in [0.1, 0.15) is 6.07 Å². The molecule has 0 aliphatic carbocycles. The molecule has 4 heteroatoms. The first-order valence-corrected chi connectivity index (χ1v) is 6.18. The van der Waals surface area contributed by atoms with Crippen LogP contribution in [0.4, 0.5) is 0 Å². The third-order valence-corrected chi connectivity index (χ3v) is 3.25. The van der Waals surface area contributed by atoms with Crippen LogP contribution in [0.2, 0.25) is 0 Å². The Hall–Kier alpha value is -2.93. The lowest BCUT2D eigenvalue weighted by atomic mass is 10.0. The fourth-order valence-electron chi connectivity index (χ4n) is 2.34. The molecule has 3 aromatic rings. The van der Waals surface area contributed by atoms with Crippen LogP contribution in [0, 0.1) is 11.3 Å². The van der Waals surface area contributed by atoms with Crippen molar-refractivity contribution in [1.82, 2.24) is 9.38 Å². The van der Waals surface area contributed by atoms with Crippen LogP contribution in [0.5, 0.6) is 0 Å². The minimum absolute atomic E-state index is 0.0732. The van der Waals surface area contributed by atoms with Crippen LogP contribution in [-0.4, -0.2) is 15.2 Å². The van der Waals surface area contributed by atoms with E-state index >= 15 is 0 Å². The summed E-state index contributed by atoms with van der Waals surface area (Å²) in [6.07, 6.45) is 3.26. The Morgan fingerprint density at radius 1 is 1.30 bits per heavy atom. The highest BCUT2D eigenvalue weighted by Crippen LogP contribution is 2.27. The molecule has 0 aliphatic heterocycles. The molecule has 20 heavy (non-hydrogen) atoms. The molecule has 0 unspecified atom stereocenters. The minimum Gasteiger partial charge on any atom is -0.297 e. The highest BCUT2D eigenvalue weighted by Gasteiger charge is 2.16. The highest BCUT2D eigenvalue weighted by atomic mass is 16.1. The number of carbonyl (C=O) groups excluding carboxylic acids is 1. The van der Waals surface area contributed by atoms with Gasteiger partial charge in [0.25, 0.3) is 0 Å². The average Bonchev–Trinajstić information content (AvgIpc) is 2.95. The fraction of sp³-hybridized carbons (Fsp3) is 0.0625. The molecule has 2 heterocycles. The lowest BCUT2D eigenvalue weighted by molar-refractivity contribution is 0.101. The first-order valence-electron chi connectivity index (χ1n) is 6.18. The Balaban J connectivity index is 2.46. The van der Waals surface area contributed by atoms with Crippen LogP contribution in [0.25, 0.3) is 16.8 Å². The number of rotatable bonds is 2. The monoisotopic (exact) mass is 261 g/mol. The van der Waals surface area contributed by atoms with Crippen molar-refractivity contribution in [1.29, 1.82) is 5.26 Å². The molecule has 3 rings (SSSR count). The molecule has 1 aromatic carbocycles. The van der Waals surface area contributed by atoms with Crippen molar-refractivity contribution in [3.63, 3.8) is 0 Å². The third-order valence-electron chi connectivity index (χ3n) is 3.25. The molecule has 0 bridgehead atoms. The molecule has 0 saturated heterocycles. The number of Topliss-reactive ketones (excluding diaryl/α,β-unsaturated/α-hetero) is 1. The topological polar surface area (TPSA) is 58.2 Å². The van der Waals surface area contributed by atoms with Gasteiger partial charge in [-0.1, -0.05) is 30.3 Å². The standard InChI is InChI=1S/C16H11N3O/c1-11(20)14-7-13(8-17)15-9-18-10-19(15)16(14)12-5-3-2-4-6-12/h2-7,9-10H,1H3. The van der Waals surface area contributed by atoms with Crippen LogP contribution < -0.4 is 0 Å². The van der Waals surface area contributed by atoms with Gasteiger partial charge in [0.15, 0.2) is 5.78 Å². The van der Waals surface area contributed by atoms with E-state index in [1.807, 2.05) is 30.3 Å². The van der Waals surface area contributed by atoms with E-state index in [4.69, 9.17) is 0 Å². The maximum Gasteiger partial charge on any atom is 0.161 e. The summed E-state index contributed by atoms with van der Waals surface area (Å²) in [7, 11) is 0. The molecule has 0 aliphatic rings. The molecule has 0 N–H and O–H groups in total. The number of pyridine rings is 1. The van der Waals surface area contributed by atoms with Gasteiger partial charge < -0.3 is 0 Å². The van der Waals surface area contributed by atoms with E-state index < -0.39 is 0 Å². The molecule has 2 aromatic heterocycles. The number of nitriles is 1. The predicted octanol–water partition coefficient (Wildman–Crippen LogP) is 3.08. The number of fused-ring (bicyclic) bond motifs is 1. The minimum atomic E-state index is -0.0732. The van der Waals surface area contributed by atoms with Gasteiger partial charge in [-0.15, -0.1) is 0 Å². The van der Waals surface area contributed by atoms with Gasteiger partial charge in [-0.3, -0.25) is 9.20 Å². The summed E-state index contributed by atoms with van der Waals surface area (Å²) in [6, 6.07) is 13.4. The molecular formula is C16H11N3O. The Morgan fingerprint density at radius 2 is 2.05 bits per heavy atom. The molecule has 0 amide bonds. The second kappa shape index (κ2) is 4.63. The smallest absolute Gasteiger partial charge is 0.161 e. The van der Waals surface area contributed by atoms with Crippen molar-refractivity contribution >= 4 is 11.3 Å². The highest BCUT2D eigenvalue weighted by molar-refractivity contribution is 6.01. The van der Waals surface area contributed by atoms with Crippen LogP contribution in [0.1, 0.15) is 22.8 Å². The number of benzene rings is 1. The van der Waals surface area contributed by atoms with E-state index in [1.165, 1.54) is 6.92 Å². The molecule has 0 spiro atoms. The van der Waals surface area contributed by atoms with E-state index in [0.29, 0.717) is 16.6 Å². The predicted molar refractivity (Wildman–Crippen MR) is 75.3 cm³/mol. The van der Waals surface area contributed by atoms with Crippen molar-refractivity contribution in [2.24, 2.45) is 0 Å². The first kappa shape index (κ1) is 12.1. The normalized spacial score (nSPS) is 10.4. The van der Waals surface area contributed by atoms with Gasteiger partial charge in [-0.25, -0.2) is 4.98 Å². The maximum atomic E-state index is 11.9. The summed E-state index contributed by atoms with van der Waals surface area (Å²) in [5, 5.41) is 9.22. The first-order chi connectivity index (χ1) is 9.72. The number of imidazole rings is 1. The van der Waals surface area contributed by atoms with E-state index in [9.17, 15) is 10.1 Å². The second-order valence-electron chi connectivity index (χ2n) is 4.50. The van der Waals surface area contributed by atoms with Gasteiger partial charge in [-0.05, 0) is 18.6 Å². The Labute approximate surface area is 115 Å². The van der Waals surface area contributed by atoms with E-state index in [0.717, 1.165) is 11.3 Å². The zero-order valence-corrected chi connectivity index (χ0v) is 10.9. The van der Waals surface area contributed by atoms with Gasteiger partial charge in [0.05, 0.1) is 29.3 Å². The second-order valence-corrected chi connectivity index (χ2v) is 4.50. The quantitative estimate of drug-likeness (QED) is 0.666. The zero-order valence-electron chi connectivity index (χ0n) is 10.9. The van der Waals surface area contributed by atoms with Crippen LogP contribution in [0.15, 0.2) is 48.9 Å². The number of aromatic nitrogens is 2. The van der Waals surface area contributed by atoms with Crippen LogP contribution in [0.3, 0.4) is 0 Å². The molecular weight excluding hydrogens is 250 g/mol. The summed E-state index contributed by atoms with van der Waals surface area (Å²) in [5.74, 6) is -0.0732. The van der Waals surface area contributed by atoms with Gasteiger partial charge >= 0.3 is 0 Å². The number of ketones is 1. The lowest BCUT2D eigenvalue weighted by Gasteiger charge is -2.11. The summed E-state index contributed by atoms with van der Waals surface area (Å²) < 4.78 is 1.80. The van der Waals surface area contributed by atoms with Crippen molar-refractivity contribution < 1.29 is 4.79 Å². The Morgan fingerprint density at radius 3 is 2.70 bits per heavy atom. The Bertz CT molecular complexity index is 841. The summed E-state index contributed by atoms with van der Waals surface area (Å²) in [4.78, 5) is 16.0. The van der Waals surface area contributed by atoms with Gasteiger partial charge in [-0.2, -0.15) is 5.26 Å². The molecule has 96 valence electrons. The number of hydrogen-bond donors (Lipinski definition) is 0. The van der Waals surface area contributed by atoms with Crippen molar-refractivity contribution in [3.8, 4) is 17.3 Å². The molecule has 0 radical (unpaired) electrons. The number of nitrogens with zero attached hydrogens (tertiary/aromatic N) is 3. The number of carbonyl (C=O) groups is 1. The third kappa shape index (κ3) is 1.77. The lowest BCUT2D eigenvalue weighted by Crippen LogP contribution is -2.04. The SMILES string of the molecule is CC(=O)c1cc(C#N)c2cncn2c1-c1ccccc1. The average molecular weight is 261 g/mol. The molecule has 0 fully saturated rings. The van der Waals surface area contributed by atoms with E-state index in [2.05, 4.69) is 11.1 Å². The van der Waals surface area contributed by atoms with Crippen molar-refractivity contribution in [2.45, 2.75) is 6.92 Å². The summed E-state index contributed by atoms with van der Waals surface area (Å²) in [6.45, 7) is 1.51. The van der Waals surface area contributed by atoms with Crippen molar-refractivity contribution in [3.05, 3.63) is 60.0 Å². The van der Waals surface area contributed by atoms with Gasteiger partial charge in [0.2, 0.25) is 0 Å². The van der Waals surface area contributed by atoms with Gasteiger partial charge in [0, 0.05) is 5.56 Å². The fourth-order valence-corrected chi connectivity index (χ4v) is 2.34. The summed E-state index contributed by atoms with van der Waals surface area (Å²) in [5.41, 5.74) is 3.37. The van der Waals surface area contributed by atoms with E-state index in [-0.39, 0.29) is 5.78 Å². The molecule has 0 saturated carbocycles. The summed E-state index contributed by atoms with van der Waals surface area (Å²) >= 11 is 0. The van der Waals surface area contributed by atoms with Crippen LogP contribution >= 0.6 is 0 Å². The van der Waals surface area contributed by atoms with Crippen molar-refractivity contribution in [2.75, 3.05) is 0 Å². The maximum absolute atomic E-state index is 11.9. The molecule has 0 atom stereocenters.